The van der Waals surface area contributed by atoms with Crippen LogP contribution in [0.25, 0.3) is 10.6 Å². The first kappa shape index (κ1) is 14.8. The highest BCUT2D eigenvalue weighted by atomic mass is 32.1. The Bertz CT molecular complexity index is 948. The maximum absolute atomic E-state index is 5.87. The van der Waals surface area contributed by atoms with Crippen molar-refractivity contribution in [2.75, 3.05) is 0 Å². The minimum Gasteiger partial charge on any atom is -0.430 e. The predicted octanol–water partition coefficient (Wildman–Crippen LogP) is 3.46. The molecular weight excluding hydrogens is 324 g/mol. The van der Waals surface area contributed by atoms with Gasteiger partial charge in [0, 0.05) is 11.5 Å². The van der Waals surface area contributed by atoms with Gasteiger partial charge in [-0.3, -0.25) is 0 Å². The molecule has 24 heavy (non-hydrogen) atoms. The molecule has 0 aliphatic rings. The molecule has 122 valence electrons. The Morgan fingerprint density at radius 2 is 2.08 bits per heavy atom. The molecule has 0 N–H and O–H groups in total. The van der Waals surface area contributed by atoms with E-state index in [-0.39, 0.29) is 5.41 Å². The molecule has 3 aromatic heterocycles. The zero-order chi connectivity index (χ0) is 16.7. The van der Waals surface area contributed by atoms with Crippen LogP contribution in [0, 0.1) is 0 Å². The first-order chi connectivity index (χ1) is 11.5. The van der Waals surface area contributed by atoms with Crippen molar-refractivity contribution in [1.82, 2.24) is 29.6 Å². The highest BCUT2D eigenvalue weighted by molar-refractivity contribution is 7.18. The van der Waals surface area contributed by atoms with Gasteiger partial charge in [-0.1, -0.05) is 32.1 Å². The number of aromatic nitrogens is 6. The fourth-order valence-electron chi connectivity index (χ4n) is 2.22. The molecule has 0 saturated heterocycles. The van der Waals surface area contributed by atoms with Crippen LogP contribution < -0.4 is 4.74 Å². The first-order valence-electron chi connectivity index (χ1n) is 7.50. The lowest BCUT2D eigenvalue weighted by Crippen LogP contribution is -2.11. The zero-order valence-corrected chi connectivity index (χ0v) is 14.4. The van der Waals surface area contributed by atoms with Crippen molar-refractivity contribution in [2.45, 2.75) is 26.2 Å². The van der Waals surface area contributed by atoms with Crippen LogP contribution in [-0.4, -0.2) is 29.6 Å². The summed E-state index contributed by atoms with van der Waals surface area (Å²) in [6, 6.07) is 7.61. The van der Waals surface area contributed by atoms with Crippen molar-refractivity contribution < 1.29 is 4.74 Å². The average Bonchev–Trinajstić information content (AvgIpc) is 3.22. The predicted molar refractivity (Wildman–Crippen MR) is 91.0 cm³/mol. The number of hydrogen-bond donors (Lipinski definition) is 0. The molecule has 1 aromatic carbocycles. The summed E-state index contributed by atoms with van der Waals surface area (Å²) < 4.78 is 9.31. The van der Waals surface area contributed by atoms with E-state index in [0.29, 0.717) is 10.9 Å². The molecule has 0 atom stereocenters. The lowest BCUT2D eigenvalue weighted by molar-refractivity contribution is 0.469. The van der Waals surface area contributed by atoms with Gasteiger partial charge in [0.2, 0.25) is 4.96 Å². The van der Waals surface area contributed by atoms with E-state index in [0.717, 1.165) is 16.3 Å². The van der Waals surface area contributed by atoms with E-state index in [1.165, 1.54) is 11.3 Å². The second kappa shape index (κ2) is 5.41. The average molecular weight is 340 g/mol. The fraction of sp³-hybridized carbons (Fsp3) is 0.250. The summed E-state index contributed by atoms with van der Waals surface area (Å²) in [7, 11) is 0. The van der Waals surface area contributed by atoms with Crippen molar-refractivity contribution in [1.29, 1.82) is 0 Å². The first-order valence-corrected chi connectivity index (χ1v) is 8.32. The van der Waals surface area contributed by atoms with Crippen LogP contribution in [0.5, 0.6) is 10.9 Å². The summed E-state index contributed by atoms with van der Waals surface area (Å²) in [5.41, 5.74) is 1.89. The molecule has 0 bridgehead atoms. The maximum Gasteiger partial charge on any atom is 0.299 e. The molecule has 8 heteroatoms. The van der Waals surface area contributed by atoms with Gasteiger partial charge in [0.25, 0.3) is 5.19 Å². The highest BCUT2D eigenvalue weighted by Gasteiger charge is 2.19. The van der Waals surface area contributed by atoms with Crippen LogP contribution >= 0.6 is 11.3 Å². The summed E-state index contributed by atoms with van der Waals surface area (Å²) in [6.45, 7) is 6.39. The number of nitrogens with zero attached hydrogens (tertiary/aromatic N) is 6. The molecule has 0 saturated carbocycles. The highest BCUT2D eigenvalue weighted by Crippen LogP contribution is 2.30. The van der Waals surface area contributed by atoms with Crippen LogP contribution in [0.1, 0.15) is 26.5 Å². The summed E-state index contributed by atoms with van der Waals surface area (Å²) >= 11 is 1.42. The third kappa shape index (κ3) is 2.76. The Hall–Kier alpha value is -2.74. The molecular formula is C16H16N6OS. The molecule has 3 heterocycles. The van der Waals surface area contributed by atoms with E-state index < -0.39 is 0 Å². The molecule has 0 amide bonds. The van der Waals surface area contributed by atoms with Gasteiger partial charge in [0.1, 0.15) is 5.75 Å². The molecule has 0 unspecified atom stereocenters. The standard InChI is InChI=1S/C16H16N6OS/c1-16(2,3)13-10-22-14(18-13)24-15(19-22)23-12-6-4-5-11(9-12)21-8-7-17-20-21/h4-10H,1-3H3. The molecule has 4 aromatic rings. The smallest absolute Gasteiger partial charge is 0.299 e. The van der Waals surface area contributed by atoms with Crippen molar-refractivity contribution >= 4 is 16.3 Å². The molecule has 0 radical (unpaired) electrons. The van der Waals surface area contributed by atoms with E-state index in [4.69, 9.17) is 4.74 Å². The van der Waals surface area contributed by atoms with Crippen LogP contribution in [-0.2, 0) is 5.41 Å². The molecule has 0 spiro atoms. The number of fused-ring (bicyclic) bond motifs is 1. The second-order valence-corrected chi connectivity index (χ2v) is 7.34. The second-order valence-electron chi connectivity index (χ2n) is 6.42. The number of imidazole rings is 1. The zero-order valence-electron chi connectivity index (χ0n) is 13.5. The number of hydrogen-bond acceptors (Lipinski definition) is 6. The Labute approximate surface area is 142 Å². The Morgan fingerprint density at radius 1 is 1.21 bits per heavy atom. The van der Waals surface area contributed by atoms with Gasteiger partial charge in [0.05, 0.1) is 30.0 Å². The van der Waals surface area contributed by atoms with Crippen LogP contribution in [0.3, 0.4) is 0 Å². The van der Waals surface area contributed by atoms with E-state index in [1.807, 2.05) is 30.5 Å². The summed E-state index contributed by atoms with van der Waals surface area (Å²) in [5.74, 6) is 0.691. The van der Waals surface area contributed by atoms with Gasteiger partial charge < -0.3 is 4.74 Å². The van der Waals surface area contributed by atoms with Crippen molar-refractivity contribution in [3.8, 4) is 16.6 Å². The van der Waals surface area contributed by atoms with E-state index in [1.54, 1.807) is 21.6 Å². The Balaban J connectivity index is 1.60. The lowest BCUT2D eigenvalue weighted by Gasteiger charge is -2.13. The normalized spacial score (nSPS) is 12.0. The third-order valence-corrected chi connectivity index (χ3v) is 4.30. The van der Waals surface area contributed by atoms with E-state index in [9.17, 15) is 0 Å². The van der Waals surface area contributed by atoms with Gasteiger partial charge in [-0.25, -0.2) is 14.2 Å². The SMILES string of the molecule is CC(C)(C)c1cn2nc(Oc3cccc(-n4ccnn4)c3)sc2n1. The minimum atomic E-state index is 0.000567. The van der Waals surface area contributed by atoms with E-state index in [2.05, 4.69) is 41.2 Å². The van der Waals surface area contributed by atoms with Gasteiger partial charge in [-0.2, -0.15) is 0 Å². The summed E-state index contributed by atoms with van der Waals surface area (Å²) in [4.78, 5) is 5.44. The van der Waals surface area contributed by atoms with Gasteiger partial charge in [-0.05, 0) is 23.5 Å². The van der Waals surface area contributed by atoms with Crippen molar-refractivity contribution in [2.24, 2.45) is 0 Å². The van der Waals surface area contributed by atoms with Gasteiger partial charge >= 0.3 is 0 Å². The van der Waals surface area contributed by atoms with Crippen LogP contribution in [0.4, 0.5) is 0 Å². The summed E-state index contributed by atoms with van der Waals surface area (Å²) in [5, 5.41) is 12.8. The molecule has 0 aliphatic heterocycles. The largest absolute Gasteiger partial charge is 0.430 e. The maximum atomic E-state index is 5.87. The van der Waals surface area contributed by atoms with Gasteiger partial charge in [0.15, 0.2) is 0 Å². The van der Waals surface area contributed by atoms with E-state index >= 15 is 0 Å². The lowest BCUT2D eigenvalue weighted by atomic mass is 9.93. The molecule has 4 rings (SSSR count). The molecule has 7 nitrogen and oxygen atoms in total. The van der Waals surface area contributed by atoms with Crippen LogP contribution in [0.2, 0.25) is 0 Å². The van der Waals surface area contributed by atoms with Crippen molar-refractivity contribution in [3.05, 3.63) is 48.5 Å². The van der Waals surface area contributed by atoms with Crippen molar-refractivity contribution in [3.63, 3.8) is 0 Å². The number of ether oxygens (including phenoxy) is 1. The third-order valence-electron chi connectivity index (χ3n) is 3.50. The topological polar surface area (TPSA) is 70.1 Å². The fourth-order valence-corrected chi connectivity index (χ4v) is 2.97. The number of rotatable bonds is 3. The quantitative estimate of drug-likeness (QED) is 0.571. The molecule has 0 aliphatic carbocycles. The van der Waals surface area contributed by atoms with Gasteiger partial charge in [-0.15, -0.1) is 10.2 Å². The minimum absolute atomic E-state index is 0.000567. The number of benzene rings is 1. The molecule has 0 fully saturated rings. The Morgan fingerprint density at radius 3 is 2.79 bits per heavy atom. The monoisotopic (exact) mass is 340 g/mol. The van der Waals surface area contributed by atoms with Crippen LogP contribution in [0.15, 0.2) is 42.9 Å². The Kier molecular flexibility index (Phi) is 3.34. The summed E-state index contributed by atoms with van der Waals surface area (Å²) in [6.07, 6.45) is 5.37.